The van der Waals surface area contributed by atoms with E-state index in [4.69, 9.17) is 0 Å². The van der Waals surface area contributed by atoms with E-state index in [1.54, 1.807) is 0 Å². The second kappa shape index (κ2) is 4.94. The maximum atomic E-state index is 11.7. The average molecular weight is 288 g/mol. The Morgan fingerprint density at radius 3 is 2.86 bits per heavy atom. The van der Waals surface area contributed by atoms with Crippen LogP contribution >= 0.6 is 0 Å². The first-order valence-electron chi connectivity index (χ1n) is 8.99. The van der Waals surface area contributed by atoms with Crippen LogP contribution in [0.25, 0.3) is 0 Å². The molecule has 0 saturated heterocycles. The van der Waals surface area contributed by atoms with Crippen molar-refractivity contribution in [2.24, 2.45) is 29.1 Å². The molecule has 0 aromatic carbocycles. The Morgan fingerprint density at radius 2 is 2.00 bits per heavy atom. The van der Waals surface area contributed by atoms with Crippen LogP contribution in [-0.4, -0.2) is 17.0 Å². The quantitative estimate of drug-likeness (QED) is 0.734. The SMILES string of the molecule is C[C@]12CC[C@H](O)C[C@@H]1CC[C@H]1[C@H]3CCC(=O)C=C3CC[C@@H]12. The highest BCUT2D eigenvalue weighted by molar-refractivity contribution is 5.91. The van der Waals surface area contributed by atoms with Crippen LogP contribution in [0.3, 0.4) is 0 Å². The molecule has 4 aliphatic rings. The maximum Gasteiger partial charge on any atom is 0.155 e. The number of allylic oxidation sites excluding steroid dienone is 2. The van der Waals surface area contributed by atoms with Crippen molar-refractivity contribution in [2.75, 3.05) is 0 Å². The molecular formula is C19H28O2. The summed E-state index contributed by atoms with van der Waals surface area (Å²) in [5.41, 5.74) is 1.93. The van der Waals surface area contributed by atoms with Gasteiger partial charge in [0.25, 0.3) is 0 Å². The molecule has 4 aliphatic carbocycles. The summed E-state index contributed by atoms with van der Waals surface area (Å²) in [4.78, 5) is 11.7. The van der Waals surface area contributed by atoms with Gasteiger partial charge in [0.15, 0.2) is 5.78 Å². The van der Waals surface area contributed by atoms with E-state index in [2.05, 4.69) is 6.92 Å². The van der Waals surface area contributed by atoms with E-state index >= 15 is 0 Å². The normalized spacial score (nSPS) is 49.7. The van der Waals surface area contributed by atoms with E-state index in [0.717, 1.165) is 49.9 Å². The lowest BCUT2D eigenvalue weighted by Gasteiger charge is -2.58. The van der Waals surface area contributed by atoms with Crippen LogP contribution in [0.2, 0.25) is 0 Å². The number of hydrogen-bond acceptors (Lipinski definition) is 2. The van der Waals surface area contributed by atoms with Crippen LogP contribution in [0.4, 0.5) is 0 Å². The lowest BCUT2D eigenvalue weighted by atomic mass is 9.47. The zero-order valence-electron chi connectivity index (χ0n) is 13.2. The third-order valence-corrected chi connectivity index (χ3v) is 7.50. The standard InChI is InChI=1S/C19H28O2/c1-19-9-8-15(21)11-13(19)3-5-17-16-6-4-14(20)10-12(16)2-7-18(17)19/h10,13,15-18,21H,2-9,11H2,1H3/t13-,15-,16-,17-,18-,19-/m0/s1. The monoisotopic (exact) mass is 288 g/mol. The van der Waals surface area contributed by atoms with Crippen molar-refractivity contribution >= 4 is 5.78 Å². The molecule has 0 spiro atoms. The smallest absolute Gasteiger partial charge is 0.155 e. The van der Waals surface area contributed by atoms with Gasteiger partial charge in [-0.25, -0.2) is 0 Å². The molecule has 21 heavy (non-hydrogen) atoms. The zero-order chi connectivity index (χ0) is 14.6. The Labute approximate surface area is 128 Å². The summed E-state index contributed by atoms with van der Waals surface area (Å²) in [6.45, 7) is 2.52. The van der Waals surface area contributed by atoms with E-state index in [0.29, 0.717) is 17.1 Å². The molecule has 116 valence electrons. The Balaban J connectivity index is 1.62. The molecule has 0 aromatic rings. The van der Waals surface area contributed by atoms with E-state index in [9.17, 15) is 9.90 Å². The summed E-state index contributed by atoms with van der Waals surface area (Å²) in [6, 6.07) is 0. The topological polar surface area (TPSA) is 37.3 Å². The molecular weight excluding hydrogens is 260 g/mol. The zero-order valence-corrected chi connectivity index (χ0v) is 13.2. The molecule has 0 amide bonds. The summed E-state index contributed by atoms with van der Waals surface area (Å²) < 4.78 is 0. The minimum absolute atomic E-state index is 0.0500. The Hall–Kier alpha value is -0.630. The van der Waals surface area contributed by atoms with Crippen LogP contribution in [0.5, 0.6) is 0 Å². The molecule has 0 radical (unpaired) electrons. The highest BCUT2D eigenvalue weighted by Crippen LogP contribution is 2.61. The molecule has 2 heteroatoms. The highest BCUT2D eigenvalue weighted by Gasteiger charge is 2.53. The molecule has 0 unspecified atom stereocenters. The molecule has 1 N–H and O–H groups in total. The van der Waals surface area contributed by atoms with Crippen molar-refractivity contribution < 1.29 is 9.90 Å². The summed E-state index contributed by atoms with van der Waals surface area (Å²) in [7, 11) is 0. The maximum absolute atomic E-state index is 11.7. The molecule has 6 atom stereocenters. The first-order valence-corrected chi connectivity index (χ1v) is 8.99. The molecule has 0 aliphatic heterocycles. The van der Waals surface area contributed by atoms with Gasteiger partial charge >= 0.3 is 0 Å². The van der Waals surface area contributed by atoms with Gasteiger partial charge in [0, 0.05) is 6.42 Å². The number of aliphatic hydroxyl groups excluding tert-OH is 1. The van der Waals surface area contributed by atoms with Crippen LogP contribution in [0, 0.1) is 29.1 Å². The first kappa shape index (κ1) is 14.0. The molecule has 4 rings (SSSR count). The predicted octanol–water partition coefficient (Wildman–Crippen LogP) is 3.88. The van der Waals surface area contributed by atoms with Crippen molar-refractivity contribution in [2.45, 2.75) is 70.8 Å². The fourth-order valence-corrected chi connectivity index (χ4v) is 6.38. The highest BCUT2D eigenvalue weighted by atomic mass is 16.3. The van der Waals surface area contributed by atoms with Gasteiger partial charge in [-0.3, -0.25) is 4.79 Å². The number of carbonyl (C=O) groups excluding carboxylic acids is 1. The largest absolute Gasteiger partial charge is 0.393 e. The van der Waals surface area contributed by atoms with E-state index < -0.39 is 0 Å². The van der Waals surface area contributed by atoms with Gasteiger partial charge in [-0.15, -0.1) is 0 Å². The number of ketones is 1. The number of aliphatic hydroxyl groups is 1. The van der Waals surface area contributed by atoms with E-state index in [1.165, 1.54) is 31.3 Å². The van der Waals surface area contributed by atoms with Crippen LogP contribution in [0.15, 0.2) is 11.6 Å². The van der Waals surface area contributed by atoms with Gasteiger partial charge in [-0.1, -0.05) is 12.5 Å². The van der Waals surface area contributed by atoms with E-state index in [-0.39, 0.29) is 6.10 Å². The Kier molecular flexibility index (Phi) is 3.29. The molecule has 0 heterocycles. The average Bonchev–Trinajstić information content (AvgIpc) is 2.47. The number of hydrogen-bond donors (Lipinski definition) is 1. The van der Waals surface area contributed by atoms with Crippen LogP contribution in [0.1, 0.15) is 64.7 Å². The third kappa shape index (κ3) is 2.13. The van der Waals surface area contributed by atoms with Gasteiger partial charge in [-0.2, -0.15) is 0 Å². The van der Waals surface area contributed by atoms with Gasteiger partial charge in [0.05, 0.1) is 6.10 Å². The second-order valence-corrected chi connectivity index (χ2v) is 8.35. The lowest BCUT2D eigenvalue weighted by molar-refractivity contribution is -0.117. The molecule has 3 saturated carbocycles. The van der Waals surface area contributed by atoms with Crippen molar-refractivity contribution in [3.63, 3.8) is 0 Å². The summed E-state index contributed by atoms with van der Waals surface area (Å²) in [5.74, 6) is 3.44. The van der Waals surface area contributed by atoms with Crippen molar-refractivity contribution in [1.82, 2.24) is 0 Å². The van der Waals surface area contributed by atoms with Crippen molar-refractivity contribution in [3.05, 3.63) is 11.6 Å². The van der Waals surface area contributed by atoms with Gasteiger partial charge < -0.3 is 5.11 Å². The van der Waals surface area contributed by atoms with Gasteiger partial charge in [0.2, 0.25) is 0 Å². The number of fused-ring (bicyclic) bond motifs is 5. The number of rotatable bonds is 0. The second-order valence-electron chi connectivity index (χ2n) is 8.35. The van der Waals surface area contributed by atoms with Crippen LogP contribution in [-0.2, 0) is 4.79 Å². The van der Waals surface area contributed by atoms with Crippen LogP contribution < -0.4 is 0 Å². The van der Waals surface area contributed by atoms with Crippen molar-refractivity contribution in [1.29, 1.82) is 0 Å². The fraction of sp³-hybridized carbons (Fsp3) is 0.842. The minimum Gasteiger partial charge on any atom is -0.393 e. The molecule has 2 nitrogen and oxygen atoms in total. The summed E-state index contributed by atoms with van der Waals surface area (Å²) >= 11 is 0. The summed E-state index contributed by atoms with van der Waals surface area (Å²) in [5, 5.41) is 10.0. The summed E-state index contributed by atoms with van der Waals surface area (Å²) in [6.07, 6.45) is 12.1. The Morgan fingerprint density at radius 1 is 1.14 bits per heavy atom. The minimum atomic E-state index is -0.0500. The molecule has 0 bridgehead atoms. The predicted molar refractivity (Wildman–Crippen MR) is 82.7 cm³/mol. The fourth-order valence-electron chi connectivity index (χ4n) is 6.38. The first-order chi connectivity index (χ1) is 10.1. The third-order valence-electron chi connectivity index (χ3n) is 7.50. The van der Waals surface area contributed by atoms with E-state index in [1.807, 2.05) is 6.08 Å². The van der Waals surface area contributed by atoms with Gasteiger partial charge in [-0.05, 0) is 86.5 Å². The molecule has 0 aromatic heterocycles. The number of carbonyl (C=O) groups is 1. The van der Waals surface area contributed by atoms with Gasteiger partial charge in [0.1, 0.15) is 0 Å². The Bertz CT molecular complexity index is 480. The lowest BCUT2D eigenvalue weighted by Crippen LogP contribution is -2.51. The van der Waals surface area contributed by atoms with Crippen molar-refractivity contribution in [3.8, 4) is 0 Å². The molecule has 3 fully saturated rings.